The molecule has 0 heterocycles. The van der Waals surface area contributed by atoms with E-state index < -0.39 is 15.4 Å². The molecular weight excluding hydrogens is 354 g/mol. The van der Waals surface area contributed by atoms with Crippen molar-refractivity contribution in [2.45, 2.75) is 31.7 Å². The minimum absolute atomic E-state index is 0.139. The lowest BCUT2D eigenvalue weighted by Crippen LogP contribution is -2.39. The molecule has 2 atom stereocenters. The van der Waals surface area contributed by atoms with Crippen molar-refractivity contribution in [1.29, 1.82) is 5.41 Å². The first kappa shape index (κ1) is 16.5. The molecule has 1 aliphatic rings. The van der Waals surface area contributed by atoms with Crippen molar-refractivity contribution in [3.05, 3.63) is 34.3 Å². The van der Waals surface area contributed by atoms with Crippen molar-refractivity contribution in [3.8, 4) is 0 Å². The molecule has 1 saturated carbocycles. The van der Waals surface area contributed by atoms with Crippen molar-refractivity contribution >= 4 is 31.8 Å². The highest BCUT2D eigenvalue weighted by molar-refractivity contribution is 9.10. The van der Waals surface area contributed by atoms with Gasteiger partial charge in [-0.05, 0) is 43.4 Å². The molecule has 1 aromatic carbocycles. The Kier molecular flexibility index (Phi) is 4.75. The number of hydrogen-bond donors (Lipinski definition) is 3. The molecule has 0 saturated heterocycles. The summed E-state index contributed by atoms with van der Waals surface area (Å²) in [6.07, 6.45) is 3.82. The second kappa shape index (κ2) is 6.06. The van der Waals surface area contributed by atoms with E-state index in [1.54, 1.807) is 0 Å². The number of nitrogens with two attached hydrogens (primary N) is 1. The van der Waals surface area contributed by atoms with Crippen LogP contribution in [0.2, 0.25) is 0 Å². The zero-order valence-corrected chi connectivity index (χ0v) is 14.3. The molecular formula is C14H20BrN3O2S. The number of amidine groups is 1. The first-order chi connectivity index (χ1) is 9.70. The Morgan fingerprint density at radius 2 is 2.29 bits per heavy atom. The van der Waals surface area contributed by atoms with Crippen LogP contribution in [0, 0.1) is 10.8 Å². The Morgan fingerprint density at radius 1 is 1.57 bits per heavy atom. The maximum absolute atomic E-state index is 11.4. The van der Waals surface area contributed by atoms with Gasteiger partial charge < -0.3 is 5.73 Å². The van der Waals surface area contributed by atoms with Crippen LogP contribution in [0.15, 0.2) is 28.7 Å². The van der Waals surface area contributed by atoms with Crippen LogP contribution in [0.25, 0.3) is 0 Å². The Bertz CT molecular complexity index is 647. The number of rotatable bonds is 5. The fourth-order valence-electron chi connectivity index (χ4n) is 3.07. The molecule has 5 nitrogen and oxygen atoms in total. The van der Waals surface area contributed by atoms with Crippen LogP contribution < -0.4 is 10.5 Å². The van der Waals surface area contributed by atoms with Gasteiger partial charge in [-0.15, -0.1) is 0 Å². The fourth-order valence-corrected chi connectivity index (χ4v) is 4.32. The Morgan fingerprint density at radius 3 is 2.86 bits per heavy atom. The second-order valence-corrected chi connectivity index (χ2v) is 8.53. The van der Waals surface area contributed by atoms with Crippen LogP contribution in [0.5, 0.6) is 0 Å². The third kappa shape index (κ3) is 4.28. The van der Waals surface area contributed by atoms with Gasteiger partial charge in [0.25, 0.3) is 0 Å². The SMILES string of the molecule is CS(=O)(=O)N[C@H]1CC[C@](Cc2cccc(Br)c2)(C(=N)N)C1. The minimum atomic E-state index is -3.23. The van der Waals surface area contributed by atoms with Gasteiger partial charge in [-0.25, -0.2) is 13.1 Å². The molecule has 0 spiro atoms. The Labute approximate surface area is 134 Å². The average Bonchev–Trinajstić information content (AvgIpc) is 2.71. The molecule has 0 bridgehead atoms. The zero-order chi connectivity index (χ0) is 15.7. The third-order valence-corrected chi connectivity index (χ3v) is 5.25. The molecule has 1 aliphatic carbocycles. The average molecular weight is 374 g/mol. The van der Waals surface area contributed by atoms with Gasteiger partial charge in [-0.1, -0.05) is 28.1 Å². The van der Waals surface area contributed by atoms with E-state index in [-0.39, 0.29) is 11.9 Å². The molecule has 0 amide bonds. The highest BCUT2D eigenvalue weighted by Gasteiger charge is 2.42. The van der Waals surface area contributed by atoms with E-state index in [1.807, 2.05) is 24.3 Å². The maximum atomic E-state index is 11.4. The Balaban J connectivity index is 2.18. The van der Waals surface area contributed by atoms with Crippen molar-refractivity contribution < 1.29 is 8.42 Å². The molecule has 0 aliphatic heterocycles. The van der Waals surface area contributed by atoms with E-state index in [0.717, 1.165) is 22.7 Å². The van der Waals surface area contributed by atoms with E-state index in [0.29, 0.717) is 19.3 Å². The van der Waals surface area contributed by atoms with Gasteiger partial charge in [-0.2, -0.15) is 0 Å². The summed E-state index contributed by atoms with van der Waals surface area (Å²) >= 11 is 3.44. The molecule has 116 valence electrons. The van der Waals surface area contributed by atoms with Gasteiger partial charge >= 0.3 is 0 Å². The predicted octanol–water partition coefficient (Wildman–Crippen LogP) is 2.02. The molecule has 7 heteroatoms. The monoisotopic (exact) mass is 373 g/mol. The minimum Gasteiger partial charge on any atom is -0.387 e. The van der Waals surface area contributed by atoms with Crippen LogP contribution in [0.1, 0.15) is 24.8 Å². The van der Waals surface area contributed by atoms with Crippen molar-refractivity contribution in [3.63, 3.8) is 0 Å². The van der Waals surface area contributed by atoms with Gasteiger partial charge in [0.05, 0.1) is 12.1 Å². The molecule has 0 radical (unpaired) electrons. The summed E-state index contributed by atoms with van der Waals surface area (Å²) in [5, 5.41) is 7.95. The number of nitrogens with one attached hydrogen (secondary N) is 2. The first-order valence-corrected chi connectivity index (χ1v) is 9.45. The third-order valence-electron chi connectivity index (χ3n) is 3.99. The van der Waals surface area contributed by atoms with E-state index >= 15 is 0 Å². The normalized spacial score (nSPS) is 25.9. The summed E-state index contributed by atoms with van der Waals surface area (Å²) in [5.41, 5.74) is 6.48. The molecule has 2 rings (SSSR count). The molecule has 0 aromatic heterocycles. The van der Waals surface area contributed by atoms with Crippen molar-refractivity contribution in [2.24, 2.45) is 11.1 Å². The maximum Gasteiger partial charge on any atom is 0.208 e. The fraction of sp³-hybridized carbons (Fsp3) is 0.500. The second-order valence-electron chi connectivity index (χ2n) is 5.83. The number of hydrogen-bond acceptors (Lipinski definition) is 3. The van der Waals surface area contributed by atoms with E-state index in [2.05, 4.69) is 20.7 Å². The van der Waals surface area contributed by atoms with Gasteiger partial charge in [0.15, 0.2) is 0 Å². The molecule has 4 N–H and O–H groups in total. The van der Waals surface area contributed by atoms with Crippen LogP contribution in [-0.4, -0.2) is 26.6 Å². The van der Waals surface area contributed by atoms with E-state index in [4.69, 9.17) is 11.1 Å². The summed E-state index contributed by atoms with van der Waals surface area (Å²) in [5.74, 6) is 0.139. The van der Waals surface area contributed by atoms with Crippen LogP contribution >= 0.6 is 15.9 Å². The molecule has 21 heavy (non-hydrogen) atoms. The van der Waals surface area contributed by atoms with Gasteiger partial charge in [0.2, 0.25) is 10.0 Å². The number of halogens is 1. The highest BCUT2D eigenvalue weighted by atomic mass is 79.9. The zero-order valence-electron chi connectivity index (χ0n) is 11.9. The first-order valence-electron chi connectivity index (χ1n) is 6.76. The quantitative estimate of drug-likeness (QED) is 0.543. The smallest absolute Gasteiger partial charge is 0.208 e. The topological polar surface area (TPSA) is 96.0 Å². The van der Waals surface area contributed by atoms with Gasteiger partial charge in [0.1, 0.15) is 0 Å². The molecule has 1 aromatic rings. The van der Waals surface area contributed by atoms with Crippen LogP contribution in [0.4, 0.5) is 0 Å². The van der Waals surface area contributed by atoms with Gasteiger partial charge in [-0.3, -0.25) is 5.41 Å². The van der Waals surface area contributed by atoms with Crippen LogP contribution in [0.3, 0.4) is 0 Å². The number of sulfonamides is 1. The van der Waals surface area contributed by atoms with Crippen LogP contribution in [-0.2, 0) is 16.4 Å². The summed E-state index contributed by atoms with van der Waals surface area (Å²) in [7, 11) is -3.23. The summed E-state index contributed by atoms with van der Waals surface area (Å²) in [6, 6.07) is 7.78. The van der Waals surface area contributed by atoms with E-state index in [1.165, 1.54) is 0 Å². The number of benzene rings is 1. The molecule has 1 fully saturated rings. The molecule has 0 unspecified atom stereocenters. The van der Waals surface area contributed by atoms with Gasteiger partial charge in [0, 0.05) is 15.9 Å². The lowest BCUT2D eigenvalue weighted by Gasteiger charge is -2.28. The lowest BCUT2D eigenvalue weighted by atomic mass is 9.79. The summed E-state index contributed by atoms with van der Waals surface area (Å²) < 4.78 is 26.4. The highest BCUT2D eigenvalue weighted by Crippen LogP contribution is 2.41. The summed E-state index contributed by atoms with van der Waals surface area (Å²) in [4.78, 5) is 0. The Hall–Kier alpha value is -0.920. The largest absolute Gasteiger partial charge is 0.387 e. The van der Waals surface area contributed by atoms with E-state index in [9.17, 15) is 8.42 Å². The lowest BCUT2D eigenvalue weighted by molar-refractivity contribution is 0.413. The summed E-state index contributed by atoms with van der Waals surface area (Å²) in [6.45, 7) is 0. The predicted molar refractivity (Wildman–Crippen MR) is 87.8 cm³/mol. The van der Waals surface area contributed by atoms with Crippen molar-refractivity contribution in [2.75, 3.05) is 6.26 Å². The standard InChI is InChI=1S/C14H20BrN3O2S/c1-21(19,20)18-12-5-6-14(9-12,13(16)17)8-10-3-2-4-11(15)7-10/h2-4,7,12,18H,5-6,8-9H2,1H3,(H3,16,17)/t12-,14+/m0/s1. The van der Waals surface area contributed by atoms with Crippen molar-refractivity contribution in [1.82, 2.24) is 4.72 Å².